The number of carbonyl (C=O) groups is 1. The van der Waals surface area contributed by atoms with Gasteiger partial charge in [0.15, 0.2) is 0 Å². The molecule has 0 aliphatic carbocycles. The standard InChI is InChI=1S/C11H18N2O7S3/c1-4-7-21(15,16)11(13-10(12)14,22(17,18)8-5-2)23(19,20)9-6-3/h4-6H,1-3,7-9H2,(H3,12,13,14). The van der Waals surface area contributed by atoms with Crippen LogP contribution in [0.15, 0.2) is 38.0 Å². The third-order valence-electron chi connectivity index (χ3n) is 2.52. The van der Waals surface area contributed by atoms with Gasteiger partial charge in [0.05, 0.1) is 17.3 Å². The van der Waals surface area contributed by atoms with Gasteiger partial charge in [0.1, 0.15) is 0 Å². The highest BCUT2D eigenvalue weighted by molar-refractivity contribution is 8.25. The molecular weight excluding hydrogens is 368 g/mol. The zero-order chi connectivity index (χ0) is 18.5. The van der Waals surface area contributed by atoms with Crippen molar-refractivity contribution in [3.05, 3.63) is 38.0 Å². The highest BCUT2D eigenvalue weighted by Gasteiger charge is 2.64. The van der Waals surface area contributed by atoms with Gasteiger partial charge in [-0.2, -0.15) is 0 Å². The average Bonchev–Trinajstić information content (AvgIpc) is 2.34. The van der Waals surface area contributed by atoms with Gasteiger partial charge in [-0.15, -0.1) is 19.7 Å². The Bertz CT molecular complexity index is 710. The van der Waals surface area contributed by atoms with Crippen molar-refractivity contribution >= 4 is 35.5 Å². The molecule has 0 saturated carbocycles. The van der Waals surface area contributed by atoms with Crippen LogP contribution in [-0.4, -0.2) is 52.1 Å². The number of nitrogens with one attached hydrogen (secondary N) is 1. The maximum Gasteiger partial charge on any atom is 0.346 e. The van der Waals surface area contributed by atoms with Crippen molar-refractivity contribution in [1.29, 1.82) is 0 Å². The summed E-state index contributed by atoms with van der Waals surface area (Å²) in [4.78, 5) is 11.2. The summed E-state index contributed by atoms with van der Waals surface area (Å²) in [5, 5.41) is 1.40. The van der Waals surface area contributed by atoms with Crippen LogP contribution in [0.2, 0.25) is 0 Å². The summed E-state index contributed by atoms with van der Waals surface area (Å²) in [6.07, 6.45) is 2.37. The fraction of sp³-hybridized carbons (Fsp3) is 0.364. The predicted molar refractivity (Wildman–Crippen MR) is 87.4 cm³/mol. The minimum Gasteiger partial charge on any atom is -0.352 e. The van der Waals surface area contributed by atoms with Crippen LogP contribution in [0.4, 0.5) is 4.79 Å². The van der Waals surface area contributed by atoms with E-state index in [1.165, 1.54) is 5.32 Å². The summed E-state index contributed by atoms with van der Waals surface area (Å²) in [5.41, 5.74) is 4.84. The highest BCUT2D eigenvalue weighted by atomic mass is 32.3. The maximum absolute atomic E-state index is 12.5. The summed E-state index contributed by atoms with van der Waals surface area (Å²) in [5.74, 6) is -3.08. The molecule has 2 amide bonds. The third kappa shape index (κ3) is 3.82. The van der Waals surface area contributed by atoms with Gasteiger partial charge in [0.25, 0.3) is 0 Å². The molecule has 0 spiro atoms. The van der Waals surface area contributed by atoms with Gasteiger partial charge in [-0.05, 0) is 0 Å². The molecule has 0 saturated heterocycles. The minimum absolute atomic E-state index is 0.791. The van der Waals surface area contributed by atoms with Crippen LogP contribution in [0.1, 0.15) is 0 Å². The maximum atomic E-state index is 12.5. The summed E-state index contributed by atoms with van der Waals surface area (Å²) in [6, 6.07) is -1.64. The number of nitrogens with two attached hydrogens (primary N) is 1. The molecule has 9 nitrogen and oxygen atoms in total. The molecule has 0 aromatic rings. The highest BCUT2D eigenvalue weighted by Crippen LogP contribution is 2.31. The fourth-order valence-electron chi connectivity index (χ4n) is 1.76. The smallest absolute Gasteiger partial charge is 0.346 e. The summed E-state index contributed by atoms with van der Waals surface area (Å²) in [7, 11) is -15.0. The van der Waals surface area contributed by atoms with E-state index in [0.717, 1.165) is 18.2 Å². The minimum atomic E-state index is -4.99. The van der Waals surface area contributed by atoms with E-state index in [4.69, 9.17) is 5.73 Å². The van der Waals surface area contributed by atoms with Crippen molar-refractivity contribution in [2.75, 3.05) is 17.3 Å². The Morgan fingerprint density at radius 1 is 0.826 bits per heavy atom. The van der Waals surface area contributed by atoms with E-state index in [1.807, 2.05) is 0 Å². The monoisotopic (exact) mass is 386 g/mol. The number of carbonyl (C=O) groups excluding carboxylic acids is 1. The molecule has 0 aromatic heterocycles. The average molecular weight is 386 g/mol. The topological polar surface area (TPSA) is 158 Å². The van der Waals surface area contributed by atoms with E-state index in [-0.39, 0.29) is 0 Å². The molecule has 0 fully saturated rings. The van der Waals surface area contributed by atoms with Gasteiger partial charge >= 0.3 is 9.57 Å². The molecule has 23 heavy (non-hydrogen) atoms. The second-order valence-electron chi connectivity index (χ2n) is 4.26. The molecule has 0 aliphatic rings. The lowest BCUT2D eigenvalue weighted by atomic mass is 10.8. The Labute approximate surface area is 135 Å². The second kappa shape index (κ2) is 7.27. The number of amides is 2. The van der Waals surface area contributed by atoms with Gasteiger partial charge in [-0.3, -0.25) is 5.32 Å². The first-order valence-electron chi connectivity index (χ1n) is 5.92. The Morgan fingerprint density at radius 3 is 1.26 bits per heavy atom. The van der Waals surface area contributed by atoms with Crippen LogP contribution in [0.3, 0.4) is 0 Å². The SMILES string of the molecule is C=CCS(=O)(=O)C(NC(N)=O)(S(=O)(=O)CC=C)S(=O)(=O)CC=C. The van der Waals surface area contributed by atoms with Crippen molar-refractivity contribution in [1.82, 2.24) is 5.32 Å². The number of hydrogen-bond donors (Lipinski definition) is 2. The lowest BCUT2D eigenvalue weighted by molar-refractivity contribution is 0.248. The molecule has 0 rings (SSSR count). The zero-order valence-electron chi connectivity index (χ0n) is 12.1. The number of sulfone groups is 3. The lowest BCUT2D eigenvalue weighted by Crippen LogP contribution is -2.66. The van der Waals surface area contributed by atoms with Crippen LogP contribution in [0.25, 0.3) is 0 Å². The lowest BCUT2D eigenvalue weighted by Gasteiger charge is -2.31. The normalized spacial score (nSPS) is 13.0. The Hall–Kier alpha value is -1.66. The third-order valence-corrected chi connectivity index (χ3v) is 11.9. The van der Waals surface area contributed by atoms with Crippen LogP contribution in [-0.2, 0) is 29.5 Å². The van der Waals surface area contributed by atoms with E-state index in [2.05, 4.69) is 19.7 Å². The van der Waals surface area contributed by atoms with Crippen LogP contribution in [0, 0.1) is 0 Å². The van der Waals surface area contributed by atoms with Crippen LogP contribution in [0.5, 0.6) is 0 Å². The summed E-state index contributed by atoms with van der Waals surface area (Å²) < 4.78 is 71.1. The van der Waals surface area contributed by atoms with E-state index in [1.54, 1.807) is 0 Å². The molecule has 0 aromatic carbocycles. The van der Waals surface area contributed by atoms with Crippen molar-refractivity contribution in [2.45, 2.75) is 3.54 Å². The molecule has 12 heteroatoms. The molecule has 132 valence electrons. The molecule has 0 aliphatic heterocycles. The van der Waals surface area contributed by atoms with Gasteiger partial charge in [-0.1, -0.05) is 18.2 Å². The van der Waals surface area contributed by atoms with Crippen LogP contribution < -0.4 is 11.1 Å². The van der Waals surface area contributed by atoms with Crippen molar-refractivity contribution < 1.29 is 30.0 Å². The van der Waals surface area contributed by atoms with Gasteiger partial charge < -0.3 is 5.73 Å². The molecule has 0 atom stereocenters. The number of rotatable bonds is 10. The number of hydrogen-bond acceptors (Lipinski definition) is 7. The van der Waals surface area contributed by atoms with E-state index in [0.29, 0.717) is 0 Å². The predicted octanol–water partition coefficient (Wildman–Crippen LogP) is -0.932. The van der Waals surface area contributed by atoms with E-state index < -0.39 is 56.3 Å². The first-order valence-corrected chi connectivity index (χ1v) is 10.9. The first kappa shape index (κ1) is 21.3. The quantitative estimate of drug-likeness (QED) is 0.459. The van der Waals surface area contributed by atoms with Gasteiger partial charge in [-0.25, -0.2) is 30.0 Å². The Morgan fingerprint density at radius 2 is 1.09 bits per heavy atom. The molecule has 0 bridgehead atoms. The van der Waals surface area contributed by atoms with E-state index in [9.17, 15) is 30.0 Å². The van der Waals surface area contributed by atoms with Crippen LogP contribution >= 0.6 is 0 Å². The van der Waals surface area contributed by atoms with Crippen molar-refractivity contribution in [3.63, 3.8) is 0 Å². The van der Waals surface area contributed by atoms with E-state index >= 15 is 0 Å². The summed E-state index contributed by atoms with van der Waals surface area (Å²) in [6.45, 7) is 9.42. The molecule has 3 N–H and O–H groups in total. The summed E-state index contributed by atoms with van der Waals surface area (Å²) >= 11 is 0. The largest absolute Gasteiger partial charge is 0.352 e. The second-order valence-corrected chi connectivity index (χ2v) is 11.6. The van der Waals surface area contributed by atoms with Gasteiger partial charge in [0, 0.05) is 0 Å². The molecule has 0 radical (unpaired) electrons. The van der Waals surface area contributed by atoms with Gasteiger partial charge in [0.2, 0.25) is 29.5 Å². The molecule has 0 unspecified atom stereocenters. The first-order chi connectivity index (χ1) is 10.3. The zero-order valence-corrected chi connectivity index (χ0v) is 14.6. The molecular formula is C11H18N2O7S3. The molecule has 0 heterocycles. The Balaban J connectivity index is 7.15. The fourth-order valence-corrected chi connectivity index (χ4v) is 9.98. The van der Waals surface area contributed by atoms with Crippen molar-refractivity contribution in [2.24, 2.45) is 5.73 Å². The Kier molecular flexibility index (Phi) is 6.75. The van der Waals surface area contributed by atoms with Crippen molar-refractivity contribution in [3.8, 4) is 0 Å². The number of primary amides is 1. The number of urea groups is 1.